The van der Waals surface area contributed by atoms with Gasteiger partial charge in [0.15, 0.2) is 0 Å². The molecule has 76 valence electrons. The number of amides is 1. The van der Waals surface area contributed by atoms with Crippen LogP contribution in [-0.2, 0) is 4.79 Å². The van der Waals surface area contributed by atoms with E-state index in [1.165, 1.54) is 0 Å². The van der Waals surface area contributed by atoms with Gasteiger partial charge in [0.05, 0.1) is 0 Å². The minimum absolute atomic E-state index is 0.130. The molecule has 1 rings (SSSR count). The maximum absolute atomic E-state index is 11.7. The highest BCUT2D eigenvalue weighted by atomic mass is 16.2. The third-order valence-corrected chi connectivity index (χ3v) is 2.39. The smallest absolute Gasteiger partial charge is 0.225 e. The summed E-state index contributed by atoms with van der Waals surface area (Å²) in [5, 5.41) is 3.33. The van der Waals surface area contributed by atoms with Gasteiger partial charge in [0.25, 0.3) is 0 Å². The van der Waals surface area contributed by atoms with Crippen LogP contribution >= 0.6 is 0 Å². The maximum Gasteiger partial charge on any atom is 0.225 e. The predicted octanol–water partition coefficient (Wildman–Crippen LogP) is 0.710. The summed E-state index contributed by atoms with van der Waals surface area (Å²) in [7, 11) is 0. The molecule has 1 saturated heterocycles. The van der Waals surface area contributed by atoms with Crippen molar-refractivity contribution in [1.29, 1.82) is 0 Å². The first-order valence-corrected chi connectivity index (χ1v) is 5.10. The lowest BCUT2D eigenvalue weighted by molar-refractivity contribution is -0.134. The van der Waals surface area contributed by atoms with Crippen LogP contribution in [0.25, 0.3) is 0 Å². The molecule has 13 heavy (non-hydrogen) atoms. The molecule has 0 aromatic carbocycles. The van der Waals surface area contributed by atoms with Crippen LogP contribution in [-0.4, -0.2) is 37.0 Å². The summed E-state index contributed by atoms with van der Waals surface area (Å²) in [4.78, 5) is 13.7. The van der Waals surface area contributed by atoms with Gasteiger partial charge in [0, 0.05) is 25.6 Å². The minimum Gasteiger partial charge on any atom is -0.341 e. The fourth-order valence-corrected chi connectivity index (χ4v) is 1.66. The molecule has 0 aliphatic carbocycles. The van der Waals surface area contributed by atoms with Gasteiger partial charge in [-0.05, 0) is 12.5 Å². The van der Waals surface area contributed by atoms with E-state index >= 15 is 0 Å². The zero-order valence-corrected chi connectivity index (χ0v) is 8.84. The van der Waals surface area contributed by atoms with Crippen LogP contribution in [0.15, 0.2) is 0 Å². The molecule has 0 spiro atoms. The largest absolute Gasteiger partial charge is 0.341 e. The van der Waals surface area contributed by atoms with Gasteiger partial charge in [0.2, 0.25) is 5.91 Å². The van der Waals surface area contributed by atoms with Crippen molar-refractivity contribution in [3.05, 3.63) is 0 Å². The Labute approximate surface area is 80.5 Å². The van der Waals surface area contributed by atoms with Crippen molar-refractivity contribution in [3.8, 4) is 0 Å². The fourth-order valence-electron chi connectivity index (χ4n) is 1.66. The summed E-state index contributed by atoms with van der Waals surface area (Å²) in [6.07, 6.45) is 0. The summed E-state index contributed by atoms with van der Waals surface area (Å²) in [6.45, 7) is 9.84. The maximum atomic E-state index is 11.7. The van der Waals surface area contributed by atoms with Gasteiger partial charge < -0.3 is 10.2 Å². The van der Waals surface area contributed by atoms with Gasteiger partial charge in [-0.25, -0.2) is 0 Å². The van der Waals surface area contributed by atoms with E-state index in [9.17, 15) is 4.79 Å². The third kappa shape index (κ3) is 2.99. The van der Waals surface area contributed by atoms with Crippen LogP contribution < -0.4 is 5.32 Å². The van der Waals surface area contributed by atoms with Crippen molar-refractivity contribution in [2.45, 2.75) is 20.8 Å². The second kappa shape index (κ2) is 4.61. The van der Waals surface area contributed by atoms with Crippen molar-refractivity contribution in [3.63, 3.8) is 0 Å². The predicted molar refractivity (Wildman–Crippen MR) is 53.5 cm³/mol. The topological polar surface area (TPSA) is 32.3 Å². The number of rotatable bonds is 1. The molecule has 1 N–H and O–H groups in total. The van der Waals surface area contributed by atoms with E-state index in [1.807, 2.05) is 18.7 Å². The highest BCUT2D eigenvalue weighted by Crippen LogP contribution is 2.07. The SMILES string of the molecule is CC1CNCCN(C(=O)C(C)C)C1. The zero-order valence-electron chi connectivity index (χ0n) is 8.84. The second-order valence-corrected chi connectivity index (χ2v) is 4.25. The van der Waals surface area contributed by atoms with E-state index in [-0.39, 0.29) is 11.8 Å². The Hall–Kier alpha value is -0.570. The van der Waals surface area contributed by atoms with E-state index in [4.69, 9.17) is 0 Å². The van der Waals surface area contributed by atoms with Gasteiger partial charge in [-0.3, -0.25) is 4.79 Å². The van der Waals surface area contributed by atoms with Crippen molar-refractivity contribution < 1.29 is 4.79 Å². The number of hydrogen-bond acceptors (Lipinski definition) is 2. The first-order valence-electron chi connectivity index (χ1n) is 5.10. The molecule has 0 aromatic heterocycles. The number of nitrogens with one attached hydrogen (secondary N) is 1. The van der Waals surface area contributed by atoms with Crippen LogP contribution in [0.5, 0.6) is 0 Å². The Bertz CT molecular complexity index is 180. The molecular formula is C10H20N2O. The van der Waals surface area contributed by atoms with E-state index in [0.29, 0.717) is 5.92 Å². The van der Waals surface area contributed by atoms with Crippen molar-refractivity contribution in [2.75, 3.05) is 26.2 Å². The molecule has 1 heterocycles. The Kier molecular flexibility index (Phi) is 3.72. The standard InChI is InChI=1S/C10H20N2O/c1-8(2)10(13)12-5-4-11-6-9(3)7-12/h8-9,11H,4-7H2,1-3H3. The molecule has 1 atom stereocenters. The minimum atomic E-state index is 0.130. The molecule has 1 aliphatic rings. The normalized spacial score (nSPS) is 24.6. The number of hydrogen-bond donors (Lipinski definition) is 1. The summed E-state index contributed by atoms with van der Waals surface area (Å²) < 4.78 is 0. The molecular weight excluding hydrogens is 164 g/mol. The Balaban J connectivity index is 2.52. The van der Waals surface area contributed by atoms with Crippen molar-refractivity contribution in [2.24, 2.45) is 11.8 Å². The van der Waals surface area contributed by atoms with Gasteiger partial charge in [0.1, 0.15) is 0 Å². The van der Waals surface area contributed by atoms with Gasteiger partial charge in [-0.15, -0.1) is 0 Å². The van der Waals surface area contributed by atoms with E-state index in [0.717, 1.165) is 26.2 Å². The number of nitrogens with zero attached hydrogens (tertiary/aromatic N) is 1. The number of carbonyl (C=O) groups excluding carboxylic acids is 1. The molecule has 1 unspecified atom stereocenters. The van der Waals surface area contributed by atoms with E-state index < -0.39 is 0 Å². The highest BCUT2D eigenvalue weighted by molar-refractivity contribution is 5.78. The fraction of sp³-hybridized carbons (Fsp3) is 0.900. The van der Waals surface area contributed by atoms with Gasteiger partial charge in [-0.1, -0.05) is 20.8 Å². The van der Waals surface area contributed by atoms with Crippen LogP contribution in [0.3, 0.4) is 0 Å². The summed E-state index contributed by atoms with van der Waals surface area (Å²) in [6, 6.07) is 0. The average Bonchev–Trinajstić information content (AvgIpc) is 2.28. The molecule has 1 amide bonds. The monoisotopic (exact) mass is 184 g/mol. The Morgan fingerprint density at radius 3 is 2.85 bits per heavy atom. The van der Waals surface area contributed by atoms with Crippen LogP contribution in [0.4, 0.5) is 0 Å². The van der Waals surface area contributed by atoms with Gasteiger partial charge >= 0.3 is 0 Å². The summed E-state index contributed by atoms with van der Waals surface area (Å²) in [5.41, 5.74) is 0. The first kappa shape index (κ1) is 10.5. The molecule has 1 fully saturated rings. The molecule has 0 radical (unpaired) electrons. The third-order valence-electron chi connectivity index (χ3n) is 2.39. The van der Waals surface area contributed by atoms with Gasteiger partial charge in [-0.2, -0.15) is 0 Å². The van der Waals surface area contributed by atoms with Crippen molar-refractivity contribution >= 4 is 5.91 Å². The molecule has 0 aromatic rings. The van der Waals surface area contributed by atoms with E-state index in [2.05, 4.69) is 12.2 Å². The Morgan fingerprint density at radius 1 is 1.54 bits per heavy atom. The highest BCUT2D eigenvalue weighted by Gasteiger charge is 2.20. The molecule has 0 bridgehead atoms. The quantitative estimate of drug-likeness (QED) is 0.651. The Morgan fingerprint density at radius 2 is 2.23 bits per heavy atom. The van der Waals surface area contributed by atoms with Crippen molar-refractivity contribution in [1.82, 2.24) is 10.2 Å². The lowest BCUT2D eigenvalue weighted by Gasteiger charge is -2.24. The average molecular weight is 184 g/mol. The second-order valence-electron chi connectivity index (χ2n) is 4.25. The molecule has 3 heteroatoms. The first-order chi connectivity index (χ1) is 6.11. The molecule has 3 nitrogen and oxygen atoms in total. The number of carbonyl (C=O) groups is 1. The zero-order chi connectivity index (χ0) is 9.84. The summed E-state index contributed by atoms with van der Waals surface area (Å²) in [5.74, 6) is 0.992. The van der Waals surface area contributed by atoms with Crippen LogP contribution in [0, 0.1) is 11.8 Å². The van der Waals surface area contributed by atoms with Crippen LogP contribution in [0.1, 0.15) is 20.8 Å². The van der Waals surface area contributed by atoms with Crippen LogP contribution in [0.2, 0.25) is 0 Å². The lowest BCUT2D eigenvalue weighted by Crippen LogP contribution is -2.38. The molecule has 0 saturated carbocycles. The molecule has 1 aliphatic heterocycles. The van der Waals surface area contributed by atoms with E-state index in [1.54, 1.807) is 0 Å². The lowest BCUT2D eigenvalue weighted by atomic mass is 10.1. The summed E-state index contributed by atoms with van der Waals surface area (Å²) >= 11 is 0.